The van der Waals surface area contributed by atoms with Gasteiger partial charge in [0.1, 0.15) is 11.6 Å². The van der Waals surface area contributed by atoms with Crippen LogP contribution in [0.4, 0.5) is 5.82 Å². The van der Waals surface area contributed by atoms with Gasteiger partial charge in [-0.1, -0.05) is 22.0 Å². The van der Waals surface area contributed by atoms with Gasteiger partial charge < -0.3 is 9.80 Å². The minimum absolute atomic E-state index is 0.0631. The predicted molar refractivity (Wildman–Crippen MR) is 116 cm³/mol. The van der Waals surface area contributed by atoms with E-state index < -0.39 is 0 Å². The van der Waals surface area contributed by atoms with Gasteiger partial charge in [-0.15, -0.1) is 0 Å². The number of aryl methyl sites for hydroxylation is 3. The molecule has 0 bridgehead atoms. The number of nitrogens with zero attached hydrogens (tertiary/aromatic N) is 6. The van der Waals surface area contributed by atoms with E-state index in [2.05, 4.69) is 35.9 Å². The van der Waals surface area contributed by atoms with Crippen molar-refractivity contribution in [2.45, 2.75) is 20.8 Å². The first-order chi connectivity index (χ1) is 13.9. The van der Waals surface area contributed by atoms with E-state index in [0.29, 0.717) is 24.5 Å². The Kier molecular flexibility index (Phi) is 5.36. The summed E-state index contributed by atoms with van der Waals surface area (Å²) in [6, 6.07) is 11.5. The molecule has 3 heterocycles. The summed E-state index contributed by atoms with van der Waals surface area (Å²) >= 11 is 3.43. The van der Waals surface area contributed by atoms with E-state index >= 15 is 0 Å². The number of halogens is 1. The molecule has 0 radical (unpaired) electrons. The molecule has 1 saturated heterocycles. The van der Waals surface area contributed by atoms with Crippen LogP contribution in [0.15, 0.2) is 40.9 Å². The fraction of sp³-hybridized carbons (Fsp3) is 0.333. The van der Waals surface area contributed by atoms with Crippen LogP contribution in [0.3, 0.4) is 0 Å². The van der Waals surface area contributed by atoms with Crippen LogP contribution < -0.4 is 4.90 Å². The summed E-state index contributed by atoms with van der Waals surface area (Å²) in [6.45, 7) is 8.65. The smallest absolute Gasteiger partial charge is 0.254 e. The molecule has 2 aromatic heterocycles. The summed E-state index contributed by atoms with van der Waals surface area (Å²) in [4.78, 5) is 26.1. The second kappa shape index (κ2) is 7.94. The molecule has 0 aliphatic carbocycles. The molecule has 7 nitrogen and oxygen atoms in total. The standard InChI is InChI=1S/C21H23BrN6O/c1-14-11-15(2)28(25-14)20-13-19(23-16(3)24-20)26-7-9-27(10-8-26)21(29)17-5-4-6-18(22)12-17/h4-6,11-13H,7-10H2,1-3H3. The van der Waals surface area contributed by atoms with Gasteiger partial charge in [0.05, 0.1) is 5.69 Å². The zero-order valence-corrected chi connectivity index (χ0v) is 18.3. The number of anilines is 1. The van der Waals surface area contributed by atoms with Gasteiger partial charge in [-0.05, 0) is 45.0 Å². The van der Waals surface area contributed by atoms with Crippen LogP contribution in [0.5, 0.6) is 0 Å². The molecule has 0 spiro atoms. The molecule has 0 atom stereocenters. The molecule has 8 heteroatoms. The molecule has 1 fully saturated rings. The fourth-order valence-corrected chi connectivity index (χ4v) is 4.01. The molecule has 4 rings (SSSR count). The van der Waals surface area contributed by atoms with Crippen molar-refractivity contribution in [1.82, 2.24) is 24.6 Å². The van der Waals surface area contributed by atoms with Crippen LogP contribution in [0.25, 0.3) is 5.82 Å². The Bertz CT molecular complexity index is 1060. The SMILES string of the molecule is Cc1cc(C)n(-c2cc(N3CCN(C(=O)c4cccc(Br)c4)CC3)nc(C)n2)n1. The lowest BCUT2D eigenvalue weighted by Crippen LogP contribution is -2.49. The zero-order chi connectivity index (χ0) is 20.5. The molecule has 150 valence electrons. The zero-order valence-electron chi connectivity index (χ0n) is 16.8. The van der Waals surface area contributed by atoms with Crippen molar-refractivity contribution in [3.63, 3.8) is 0 Å². The first kappa shape index (κ1) is 19.6. The van der Waals surface area contributed by atoms with E-state index in [1.54, 1.807) is 0 Å². The van der Waals surface area contributed by atoms with Crippen molar-refractivity contribution >= 4 is 27.7 Å². The third-order valence-electron chi connectivity index (χ3n) is 5.00. The lowest BCUT2D eigenvalue weighted by Gasteiger charge is -2.35. The molecule has 3 aromatic rings. The predicted octanol–water partition coefficient (Wildman–Crippen LogP) is 3.31. The maximum Gasteiger partial charge on any atom is 0.254 e. The average Bonchev–Trinajstić information content (AvgIpc) is 3.05. The Hall–Kier alpha value is -2.74. The molecule has 1 amide bonds. The summed E-state index contributed by atoms with van der Waals surface area (Å²) in [7, 11) is 0. The van der Waals surface area contributed by atoms with E-state index in [1.165, 1.54) is 0 Å². The Morgan fingerprint density at radius 3 is 2.34 bits per heavy atom. The molecule has 0 N–H and O–H groups in total. The number of rotatable bonds is 3. The van der Waals surface area contributed by atoms with E-state index in [4.69, 9.17) is 0 Å². The van der Waals surface area contributed by atoms with Crippen LogP contribution >= 0.6 is 15.9 Å². The van der Waals surface area contributed by atoms with E-state index in [0.717, 1.165) is 40.6 Å². The second-order valence-corrected chi connectivity index (χ2v) is 8.18. The van der Waals surface area contributed by atoms with Crippen LogP contribution in [0, 0.1) is 20.8 Å². The summed E-state index contributed by atoms with van der Waals surface area (Å²) in [5.41, 5.74) is 2.70. The Labute approximate surface area is 178 Å². The Morgan fingerprint density at radius 2 is 1.69 bits per heavy atom. The molecule has 1 aliphatic rings. The number of piperazine rings is 1. The Morgan fingerprint density at radius 1 is 0.966 bits per heavy atom. The monoisotopic (exact) mass is 454 g/mol. The second-order valence-electron chi connectivity index (χ2n) is 7.26. The van der Waals surface area contributed by atoms with E-state index in [-0.39, 0.29) is 5.91 Å². The summed E-state index contributed by atoms with van der Waals surface area (Å²) in [5.74, 6) is 2.41. The van der Waals surface area contributed by atoms with Gasteiger partial charge >= 0.3 is 0 Å². The van der Waals surface area contributed by atoms with Crippen molar-refractivity contribution in [2.24, 2.45) is 0 Å². The maximum absolute atomic E-state index is 12.8. The molecule has 1 aliphatic heterocycles. The normalized spacial score (nSPS) is 14.3. The topological polar surface area (TPSA) is 67.2 Å². The minimum Gasteiger partial charge on any atom is -0.353 e. The number of hydrogen-bond acceptors (Lipinski definition) is 5. The van der Waals surface area contributed by atoms with Crippen LogP contribution in [-0.2, 0) is 0 Å². The van der Waals surface area contributed by atoms with E-state index in [1.807, 2.05) is 66.8 Å². The third kappa shape index (κ3) is 4.17. The minimum atomic E-state index is 0.0631. The van der Waals surface area contributed by atoms with Gasteiger partial charge in [-0.25, -0.2) is 14.6 Å². The van der Waals surface area contributed by atoms with Crippen molar-refractivity contribution < 1.29 is 4.79 Å². The van der Waals surface area contributed by atoms with Crippen LogP contribution in [0.1, 0.15) is 27.6 Å². The van der Waals surface area contributed by atoms with Gasteiger partial charge in [0.25, 0.3) is 5.91 Å². The van der Waals surface area contributed by atoms with Gasteiger partial charge in [-0.3, -0.25) is 4.79 Å². The highest BCUT2D eigenvalue weighted by Crippen LogP contribution is 2.20. The first-order valence-corrected chi connectivity index (χ1v) is 10.4. The van der Waals surface area contributed by atoms with Gasteiger partial charge in [0, 0.05) is 48.0 Å². The van der Waals surface area contributed by atoms with Gasteiger partial charge in [0.15, 0.2) is 5.82 Å². The van der Waals surface area contributed by atoms with Gasteiger partial charge in [0.2, 0.25) is 0 Å². The number of aromatic nitrogens is 4. The number of carbonyl (C=O) groups excluding carboxylic acids is 1. The number of benzene rings is 1. The van der Waals surface area contributed by atoms with Crippen molar-refractivity contribution in [1.29, 1.82) is 0 Å². The lowest BCUT2D eigenvalue weighted by atomic mass is 10.2. The lowest BCUT2D eigenvalue weighted by molar-refractivity contribution is 0.0746. The highest BCUT2D eigenvalue weighted by molar-refractivity contribution is 9.10. The fourth-order valence-electron chi connectivity index (χ4n) is 3.61. The molecule has 1 aromatic carbocycles. The van der Waals surface area contributed by atoms with Crippen molar-refractivity contribution in [2.75, 3.05) is 31.1 Å². The van der Waals surface area contributed by atoms with Crippen LogP contribution in [-0.4, -0.2) is 56.7 Å². The highest BCUT2D eigenvalue weighted by atomic mass is 79.9. The summed E-state index contributed by atoms with van der Waals surface area (Å²) in [6.07, 6.45) is 0. The molecule has 0 unspecified atom stereocenters. The first-order valence-electron chi connectivity index (χ1n) is 9.60. The van der Waals surface area contributed by atoms with Crippen molar-refractivity contribution in [3.8, 4) is 5.82 Å². The number of carbonyl (C=O) groups is 1. The largest absolute Gasteiger partial charge is 0.353 e. The van der Waals surface area contributed by atoms with Crippen LogP contribution in [0.2, 0.25) is 0 Å². The average molecular weight is 455 g/mol. The summed E-state index contributed by atoms with van der Waals surface area (Å²) < 4.78 is 2.76. The van der Waals surface area contributed by atoms with Crippen molar-refractivity contribution in [3.05, 3.63) is 63.6 Å². The maximum atomic E-state index is 12.8. The van der Waals surface area contributed by atoms with E-state index in [9.17, 15) is 4.79 Å². The number of hydrogen-bond donors (Lipinski definition) is 0. The van der Waals surface area contributed by atoms with Gasteiger partial charge in [-0.2, -0.15) is 5.10 Å². The quantitative estimate of drug-likeness (QED) is 0.607. The summed E-state index contributed by atoms with van der Waals surface area (Å²) in [5, 5.41) is 4.53. The molecular weight excluding hydrogens is 432 g/mol. The molecule has 0 saturated carbocycles. The highest BCUT2D eigenvalue weighted by Gasteiger charge is 2.24. The Balaban J connectivity index is 1.50. The third-order valence-corrected chi connectivity index (χ3v) is 5.49. The number of amides is 1. The molecule has 29 heavy (non-hydrogen) atoms. The molecular formula is C21H23BrN6O.